The van der Waals surface area contributed by atoms with Crippen molar-refractivity contribution in [2.24, 2.45) is 0 Å². The molecule has 1 aromatic carbocycles. The maximum absolute atomic E-state index is 12.5. The van der Waals surface area contributed by atoms with Gasteiger partial charge in [-0.15, -0.1) is 0 Å². The van der Waals surface area contributed by atoms with Crippen molar-refractivity contribution in [3.05, 3.63) is 58.0 Å². The largest absolute Gasteiger partial charge is 0.431 e. The number of amides is 2. The third-order valence-corrected chi connectivity index (χ3v) is 3.97. The molecule has 2 heterocycles. The summed E-state index contributed by atoms with van der Waals surface area (Å²) in [7, 11) is 0. The lowest BCUT2D eigenvalue weighted by Crippen LogP contribution is -2.26. The van der Waals surface area contributed by atoms with Crippen molar-refractivity contribution >= 4 is 23.2 Å². The molecule has 0 radical (unpaired) electrons. The van der Waals surface area contributed by atoms with Gasteiger partial charge in [-0.25, -0.2) is 0 Å². The average molecular weight is 365 g/mol. The van der Waals surface area contributed by atoms with E-state index in [0.717, 1.165) is 12.5 Å². The van der Waals surface area contributed by atoms with E-state index in [9.17, 15) is 27.6 Å². The van der Waals surface area contributed by atoms with Gasteiger partial charge in [-0.2, -0.15) is 13.2 Å². The van der Waals surface area contributed by atoms with Gasteiger partial charge in [0.15, 0.2) is 0 Å². The van der Waals surface area contributed by atoms with Crippen LogP contribution in [0.3, 0.4) is 0 Å². The van der Waals surface area contributed by atoms with Gasteiger partial charge in [0.05, 0.1) is 0 Å². The molecule has 1 aliphatic rings. The van der Waals surface area contributed by atoms with Gasteiger partial charge in [-0.05, 0) is 42.8 Å². The van der Waals surface area contributed by atoms with Gasteiger partial charge in [-0.1, -0.05) is 0 Å². The Hall–Kier alpha value is -3.10. The number of carbonyl (C=O) groups excluding carboxylic acids is 2. The lowest BCUT2D eigenvalue weighted by molar-refractivity contribution is -0.141. The summed E-state index contributed by atoms with van der Waals surface area (Å²) in [6.45, 7) is 0.630. The molecular formula is C17H14F3N3O3. The van der Waals surface area contributed by atoms with Gasteiger partial charge in [0, 0.05) is 24.3 Å². The number of aromatic nitrogens is 1. The Morgan fingerprint density at radius 3 is 2.31 bits per heavy atom. The van der Waals surface area contributed by atoms with Crippen LogP contribution < -0.4 is 15.8 Å². The Bertz CT molecular complexity index is 904. The SMILES string of the molecule is O=C(Nc1ccc(N2CCCC2=O)cc1)c1ccc(C(F)(F)F)[nH]c1=O. The number of nitrogens with zero attached hydrogens (tertiary/aromatic N) is 1. The van der Waals surface area contributed by atoms with Crippen LogP contribution in [0.5, 0.6) is 0 Å². The number of anilines is 2. The van der Waals surface area contributed by atoms with Gasteiger partial charge >= 0.3 is 6.18 Å². The summed E-state index contributed by atoms with van der Waals surface area (Å²) in [4.78, 5) is 38.8. The number of benzene rings is 1. The van der Waals surface area contributed by atoms with Crippen LogP contribution in [-0.4, -0.2) is 23.3 Å². The monoisotopic (exact) mass is 365 g/mol. The molecule has 0 atom stereocenters. The van der Waals surface area contributed by atoms with Crippen LogP contribution in [0, 0.1) is 0 Å². The molecule has 0 bridgehead atoms. The van der Waals surface area contributed by atoms with Gasteiger partial charge in [-0.3, -0.25) is 14.4 Å². The van der Waals surface area contributed by atoms with Crippen LogP contribution in [0.15, 0.2) is 41.2 Å². The second-order valence-corrected chi connectivity index (χ2v) is 5.76. The number of aromatic amines is 1. The topological polar surface area (TPSA) is 82.3 Å². The fraction of sp³-hybridized carbons (Fsp3) is 0.235. The summed E-state index contributed by atoms with van der Waals surface area (Å²) < 4.78 is 37.6. The van der Waals surface area contributed by atoms with Crippen LogP contribution in [0.2, 0.25) is 0 Å². The molecule has 136 valence electrons. The van der Waals surface area contributed by atoms with E-state index in [2.05, 4.69) is 5.32 Å². The summed E-state index contributed by atoms with van der Waals surface area (Å²) in [5, 5.41) is 2.44. The normalized spacial score (nSPS) is 14.6. The van der Waals surface area contributed by atoms with Crippen molar-refractivity contribution in [3.63, 3.8) is 0 Å². The van der Waals surface area contributed by atoms with E-state index in [0.29, 0.717) is 30.4 Å². The number of rotatable bonds is 3. The van der Waals surface area contributed by atoms with Crippen LogP contribution in [-0.2, 0) is 11.0 Å². The summed E-state index contributed by atoms with van der Waals surface area (Å²) in [6.07, 6.45) is -3.42. The molecule has 1 aliphatic heterocycles. The first-order chi connectivity index (χ1) is 12.3. The quantitative estimate of drug-likeness (QED) is 0.878. The van der Waals surface area contributed by atoms with E-state index in [1.807, 2.05) is 0 Å². The summed E-state index contributed by atoms with van der Waals surface area (Å²) in [5.41, 5.74) is -1.74. The number of hydrogen-bond acceptors (Lipinski definition) is 3. The summed E-state index contributed by atoms with van der Waals surface area (Å²) in [6, 6.07) is 7.87. The lowest BCUT2D eigenvalue weighted by atomic mass is 10.2. The fourth-order valence-electron chi connectivity index (χ4n) is 2.66. The molecule has 2 N–H and O–H groups in total. The maximum Gasteiger partial charge on any atom is 0.431 e. The molecule has 2 aromatic rings. The van der Waals surface area contributed by atoms with E-state index < -0.39 is 28.9 Å². The number of pyridine rings is 1. The number of halogens is 3. The van der Waals surface area contributed by atoms with Gasteiger partial charge in [0.25, 0.3) is 11.5 Å². The Balaban J connectivity index is 1.74. The van der Waals surface area contributed by atoms with Crippen LogP contribution in [0.4, 0.5) is 24.5 Å². The highest BCUT2D eigenvalue weighted by atomic mass is 19.4. The van der Waals surface area contributed by atoms with Crippen molar-refractivity contribution in [3.8, 4) is 0 Å². The zero-order valence-corrected chi connectivity index (χ0v) is 13.4. The molecule has 0 spiro atoms. The van der Waals surface area contributed by atoms with Crippen molar-refractivity contribution < 1.29 is 22.8 Å². The number of hydrogen-bond donors (Lipinski definition) is 2. The highest BCUT2D eigenvalue weighted by Crippen LogP contribution is 2.26. The van der Waals surface area contributed by atoms with E-state index in [1.54, 1.807) is 34.1 Å². The Morgan fingerprint density at radius 1 is 1.08 bits per heavy atom. The first-order valence-corrected chi connectivity index (χ1v) is 7.78. The van der Waals surface area contributed by atoms with Crippen molar-refractivity contribution in [1.29, 1.82) is 0 Å². The smallest absolute Gasteiger partial charge is 0.322 e. The van der Waals surface area contributed by atoms with E-state index >= 15 is 0 Å². The van der Waals surface area contributed by atoms with E-state index in [-0.39, 0.29) is 5.91 Å². The minimum atomic E-state index is -4.70. The first kappa shape index (κ1) is 17.7. The zero-order chi connectivity index (χ0) is 18.9. The molecule has 1 fully saturated rings. The fourth-order valence-corrected chi connectivity index (χ4v) is 2.66. The predicted octanol–water partition coefficient (Wildman–Crippen LogP) is 2.77. The highest BCUT2D eigenvalue weighted by Gasteiger charge is 2.32. The molecular weight excluding hydrogens is 351 g/mol. The Kier molecular flexibility index (Phi) is 4.54. The van der Waals surface area contributed by atoms with Gasteiger partial charge in [0.1, 0.15) is 11.3 Å². The number of alkyl halides is 3. The minimum Gasteiger partial charge on any atom is -0.322 e. The maximum atomic E-state index is 12.5. The molecule has 26 heavy (non-hydrogen) atoms. The zero-order valence-electron chi connectivity index (χ0n) is 13.4. The third kappa shape index (κ3) is 3.61. The van der Waals surface area contributed by atoms with E-state index in [1.165, 1.54) is 0 Å². The number of carbonyl (C=O) groups is 2. The van der Waals surface area contributed by atoms with Crippen LogP contribution in [0.1, 0.15) is 28.9 Å². The number of nitrogens with one attached hydrogen (secondary N) is 2. The van der Waals surface area contributed by atoms with Gasteiger partial charge in [0.2, 0.25) is 5.91 Å². The molecule has 0 unspecified atom stereocenters. The molecule has 9 heteroatoms. The molecule has 2 amide bonds. The Labute approximate surface area is 145 Å². The molecule has 6 nitrogen and oxygen atoms in total. The molecule has 1 aromatic heterocycles. The Morgan fingerprint density at radius 2 is 1.77 bits per heavy atom. The summed E-state index contributed by atoms with van der Waals surface area (Å²) >= 11 is 0. The predicted molar refractivity (Wildman–Crippen MR) is 88.0 cm³/mol. The average Bonchev–Trinajstić information content (AvgIpc) is 3.00. The van der Waals surface area contributed by atoms with Crippen molar-refractivity contribution in [2.75, 3.05) is 16.8 Å². The van der Waals surface area contributed by atoms with Crippen molar-refractivity contribution in [2.45, 2.75) is 19.0 Å². The standard InChI is InChI=1S/C17H14F3N3O3/c18-17(19,20)13-8-7-12(16(26)22-13)15(25)21-10-3-5-11(6-4-10)23-9-1-2-14(23)24/h3-8H,1-2,9H2,(H,21,25)(H,22,26). The van der Waals surface area contributed by atoms with Crippen LogP contribution >= 0.6 is 0 Å². The van der Waals surface area contributed by atoms with Crippen molar-refractivity contribution in [1.82, 2.24) is 4.98 Å². The minimum absolute atomic E-state index is 0.0260. The van der Waals surface area contributed by atoms with E-state index in [4.69, 9.17) is 0 Å². The number of H-pyrrole nitrogens is 1. The molecule has 0 saturated carbocycles. The highest BCUT2D eigenvalue weighted by molar-refractivity contribution is 6.04. The molecule has 3 rings (SSSR count). The van der Waals surface area contributed by atoms with Gasteiger partial charge < -0.3 is 15.2 Å². The summed E-state index contributed by atoms with van der Waals surface area (Å²) in [5.74, 6) is -0.803. The van der Waals surface area contributed by atoms with Crippen LogP contribution in [0.25, 0.3) is 0 Å². The molecule has 0 aliphatic carbocycles. The lowest BCUT2D eigenvalue weighted by Gasteiger charge is -2.16. The second kappa shape index (κ2) is 6.66. The first-order valence-electron chi connectivity index (χ1n) is 7.78. The molecule has 1 saturated heterocycles. The third-order valence-electron chi connectivity index (χ3n) is 3.97. The second-order valence-electron chi connectivity index (χ2n) is 5.76.